The number of carboxylic acid groups (broad SMARTS) is 1. The minimum atomic E-state index is -2.02. The molecule has 2 unspecified atom stereocenters. The van der Waals surface area contributed by atoms with Crippen LogP contribution >= 0.6 is 0 Å². The smallest absolute Gasteiger partial charge is 0.335 e. The molecule has 0 fully saturated rings. The molecule has 2 rings (SSSR count). The minimum absolute atomic E-state index is 0.388. The zero-order valence-corrected chi connectivity index (χ0v) is 17.0. The fourth-order valence-electron chi connectivity index (χ4n) is 3.06. The van der Waals surface area contributed by atoms with Crippen molar-refractivity contribution in [1.82, 2.24) is 0 Å². The van der Waals surface area contributed by atoms with Crippen molar-refractivity contribution in [2.45, 2.75) is 39.0 Å². The average Bonchev–Trinajstić information content (AvgIpc) is 2.61. The molecule has 0 aliphatic carbocycles. The number of rotatable bonds is 7. The van der Waals surface area contributed by atoms with Crippen molar-refractivity contribution in [2.24, 2.45) is 5.41 Å². The monoisotopic (exact) mass is 386 g/mol. The summed E-state index contributed by atoms with van der Waals surface area (Å²) in [4.78, 5) is 23.2. The molecule has 0 amide bonds. The summed E-state index contributed by atoms with van der Waals surface area (Å²) >= 11 is 0. The number of aliphatic carboxylic acids is 1. The number of ether oxygens (including phenoxy) is 1. The lowest BCUT2D eigenvalue weighted by Crippen LogP contribution is -2.58. The number of carbonyl (C=O) groups excluding carboxylic acids is 1. The second-order valence-electron chi connectivity index (χ2n) is 7.64. The first kappa shape index (κ1) is 20.9. The number of aliphatic hydroxyl groups is 1. The van der Waals surface area contributed by atoms with E-state index in [4.69, 9.17) is 9.84 Å². The van der Waals surface area contributed by atoms with Crippen molar-refractivity contribution in [2.75, 3.05) is 0 Å². The first-order valence-corrected chi connectivity index (χ1v) is 10.7. The molecule has 2 aromatic carbocycles. The number of hydrogen-bond acceptors (Lipinski definition) is 4. The van der Waals surface area contributed by atoms with Gasteiger partial charge in [0.25, 0.3) is 0 Å². The van der Waals surface area contributed by atoms with Crippen LogP contribution in [0.4, 0.5) is 0 Å². The standard InChI is InChI=1S/C21H26O5Si/c1-21(2,3)20(26-19(25)17(22)14-18(23)24)27(15-10-6-4-7-11-15)16-12-8-5-9-13-16/h4-13,17,20,22,27H,14H2,1-3H3,(H,23,24). The first-order chi connectivity index (χ1) is 12.7. The molecule has 0 aromatic heterocycles. The second-order valence-corrected chi connectivity index (χ2v) is 10.5. The highest BCUT2D eigenvalue weighted by Gasteiger charge is 2.39. The zero-order chi connectivity index (χ0) is 20.0. The highest BCUT2D eigenvalue weighted by Crippen LogP contribution is 2.25. The van der Waals surface area contributed by atoms with Gasteiger partial charge in [0.1, 0.15) is 14.5 Å². The van der Waals surface area contributed by atoms with Crippen LogP contribution in [0, 0.1) is 5.41 Å². The van der Waals surface area contributed by atoms with Crippen molar-refractivity contribution in [3.05, 3.63) is 60.7 Å². The Balaban J connectivity index is 2.43. The molecule has 0 saturated carbocycles. The molecular formula is C21H26O5Si. The third kappa shape index (κ3) is 5.77. The van der Waals surface area contributed by atoms with Crippen LogP contribution in [0.5, 0.6) is 0 Å². The Hall–Kier alpha value is -2.44. The van der Waals surface area contributed by atoms with E-state index in [0.29, 0.717) is 0 Å². The van der Waals surface area contributed by atoms with Gasteiger partial charge in [0.05, 0.1) is 6.42 Å². The molecule has 0 saturated heterocycles. The minimum Gasteiger partial charge on any atom is -0.481 e. The van der Waals surface area contributed by atoms with Gasteiger partial charge in [0, 0.05) is 0 Å². The lowest BCUT2D eigenvalue weighted by atomic mass is 9.98. The summed E-state index contributed by atoms with van der Waals surface area (Å²) in [6.45, 7) is 5.96. The van der Waals surface area contributed by atoms with Gasteiger partial charge in [-0.1, -0.05) is 91.8 Å². The largest absolute Gasteiger partial charge is 0.481 e. The Morgan fingerprint density at radius 3 is 1.78 bits per heavy atom. The summed E-state index contributed by atoms with van der Waals surface area (Å²) in [5, 5.41) is 20.9. The summed E-state index contributed by atoms with van der Waals surface area (Å²) < 4.78 is 5.76. The molecule has 144 valence electrons. The number of esters is 1. The van der Waals surface area contributed by atoms with Crippen LogP contribution in [0.25, 0.3) is 0 Å². The van der Waals surface area contributed by atoms with Crippen LogP contribution in [-0.4, -0.2) is 42.8 Å². The van der Waals surface area contributed by atoms with E-state index in [9.17, 15) is 14.7 Å². The molecule has 2 atom stereocenters. The van der Waals surface area contributed by atoms with E-state index < -0.39 is 39.0 Å². The molecule has 0 bridgehead atoms. The molecule has 2 aromatic rings. The van der Waals surface area contributed by atoms with Gasteiger partial charge >= 0.3 is 11.9 Å². The molecular weight excluding hydrogens is 360 g/mol. The highest BCUT2D eigenvalue weighted by molar-refractivity contribution is 6.86. The normalized spacial score (nSPS) is 13.8. The fraction of sp³-hybridized carbons (Fsp3) is 0.333. The predicted molar refractivity (Wildman–Crippen MR) is 107 cm³/mol. The molecule has 2 N–H and O–H groups in total. The summed E-state index contributed by atoms with van der Waals surface area (Å²) in [6.07, 6.45) is -2.34. The molecule has 0 aliphatic rings. The van der Waals surface area contributed by atoms with E-state index in [0.717, 1.165) is 10.4 Å². The SMILES string of the molecule is CC(C)(C)C(OC(=O)C(O)CC(=O)O)[SiH](c1ccccc1)c1ccccc1. The van der Waals surface area contributed by atoms with Crippen LogP contribution < -0.4 is 10.4 Å². The lowest BCUT2D eigenvalue weighted by molar-refractivity contribution is -0.163. The summed E-state index contributed by atoms with van der Waals surface area (Å²) in [7, 11) is -2.02. The molecule has 5 nitrogen and oxygen atoms in total. The number of benzene rings is 2. The summed E-state index contributed by atoms with van der Waals surface area (Å²) in [5.74, 6) is -2.13. The maximum Gasteiger partial charge on any atom is 0.335 e. The molecule has 0 aliphatic heterocycles. The maximum absolute atomic E-state index is 12.4. The van der Waals surface area contributed by atoms with Crippen molar-refractivity contribution in [3.8, 4) is 0 Å². The van der Waals surface area contributed by atoms with Crippen LogP contribution in [0.2, 0.25) is 0 Å². The number of hydrogen-bond donors (Lipinski definition) is 2. The van der Waals surface area contributed by atoms with Crippen molar-refractivity contribution in [1.29, 1.82) is 0 Å². The van der Waals surface area contributed by atoms with Crippen LogP contribution in [0.1, 0.15) is 27.2 Å². The van der Waals surface area contributed by atoms with E-state index in [1.165, 1.54) is 0 Å². The van der Waals surface area contributed by atoms with Crippen molar-refractivity contribution in [3.63, 3.8) is 0 Å². The van der Waals surface area contributed by atoms with Crippen molar-refractivity contribution < 1.29 is 24.5 Å². The zero-order valence-electron chi connectivity index (χ0n) is 15.8. The second kappa shape index (κ2) is 8.97. The van der Waals surface area contributed by atoms with Crippen LogP contribution in [0.15, 0.2) is 60.7 Å². The quantitative estimate of drug-likeness (QED) is 0.555. The summed E-state index contributed by atoms with van der Waals surface area (Å²) in [6, 6.07) is 19.8. The van der Waals surface area contributed by atoms with Gasteiger partial charge in [-0.05, 0) is 5.41 Å². The molecule has 0 heterocycles. The number of carbonyl (C=O) groups is 2. The van der Waals surface area contributed by atoms with Gasteiger partial charge in [-0.3, -0.25) is 4.79 Å². The average molecular weight is 387 g/mol. The Morgan fingerprint density at radius 1 is 0.963 bits per heavy atom. The third-order valence-corrected chi connectivity index (χ3v) is 8.30. The topological polar surface area (TPSA) is 83.8 Å². The highest BCUT2D eigenvalue weighted by atomic mass is 28.3. The van der Waals surface area contributed by atoms with Gasteiger partial charge in [-0.25, -0.2) is 4.79 Å². The van der Waals surface area contributed by atoms with E-state index >= 15 is 0 Å². The van der Waals surface area contributed by atoms with Gasteiger partial charge < -0.3 is 14.9 Å². The lowest BCUT2D eigenvalue weighted by Gasteiger charge is -2.36. The van der Waals surface area contributed by atoms with E-state index in [1.807, 2.05) is 81.4 Å². The van der Waals surface area contributed by atoms with Gasteiger partial charge in [-0.15, -0.1) is 0 Å². The molecule has 27 heavy (non-hydrogen) atoms. The third-order valence-electron chi connectivity index (χ3n) is 4.36. The number of carboxylic acids is 1. The number of aliphatic hydroxyl groups excluding tert-OH is 1. The summed E-state index contributed by atoms with van der Waals surface area (Å²) in [5.41, 5.74) is -0.848. The Bertz CT molecular complexity index is 716. The molecule has 6 heteroatoms. The van der Waals surface area contributed by atoms with E-state index in [1.54, 1.807) is 0 Å². The van der Waals surface area contributed by atoms with Gasteiger partial charge in [0.15, 0.2) is 6.10 Å². The maximum atomic E-state index is 12.4. The van der Waals surface area contributed by atoms with Gasteiger partial charge in [-0.2, -0.15) is 0 Å². The fourth-order valence-corrected chi connectivity index (χ4v) is 6.69. The van der Waals surface area contributed by atoms with E-state index in [-0.39, 0.29) is 5.41 Å². The van der Waals surface area contributed by atoms with E-state index in [2.05, 4.69) is 0 Å². The molecule has 0 spiro atoms. The van der Waals surface area contributed by atoms with Crippen molar-refractivity contribution >= 4 is 31.1 Å². The van der Waals surface area contributed by atoms with Crippen LogP contribution in [0.3, 0.4) is 0 Å². The Labute approximate surface area is 161 Å². The Morgan fingerprint density at radius 2 is 1.41 bits per heavy atom. The van der Waals surface area contributed by atoms with Crippen LogP contribution in [-0.2, 0) is 14.3 Å². The molecule has 0 radical (unpaired) electrons. The van der Waals surface area contributed by atoms with Gasteiger partial charge in [0.2, 0.25) is 0 Å². The first-order valence-electron chi connectivity index (χ1n) is 8.90. The predicted octanol–water partition coefficient (Wildman–Crippen LogP) is 1.36. The Kier molecular flexibility index (Phi) is 6.93.